The zero-order valence-corrected chi connectivity index (χ0v) is 12.9. The van der Waals surface area contributed by atoms with E-state index >= 15 is 0 Å². The second-order valence-corrected chi connectivity index (χ2v) is 6.96. The molecule has 0 aliphatic rings. The van der Waals surface area contributed by atoms with Gasteiger partial charge in [-0.15, -0.1) is 23.1 Å². The highest BCUT2D eigenvalue weighted by molar-refractivity contribution is 8.00. The lowest BCUT2D eigenvalue weighted by Gasteiger charge is -2.10. The quantitative estimate of drug-likeness (QED) is 0.654. The lowest BCUT2D eigenvalue weighted by molar-refractivity contribution is 0.901. The maximum absolute atomic E-state index is 4.64. The second kappa shape index (κ2) is 5.89. The Labute approximate surface area is 116 Å². The van der Waals surface area contributed by atoms with E-state index in [1.807, 2.05) is 11.8 Å². The smallest absolute Gasteiger partial charge is 0.225 e. The summed E-state index contributed by atoms with van der Waals surface area (Å²) in [7, 11) is 0. The van der Waals surface area contributed by atoms with Gasteiger partial charge in [0.2, 0.25) is 5.95 Å². The number of hydrogen-bond donors (Lipinski definition) is 1. The van der Waals surface area contributed by atoms with Crippen LogP contribution in [0.1, 0.15) is 32.1 Å². The van der Waals surface area contributed by atoms with E-state index in [1.165, 1.54) is 10.3 Å². The van der Waals surface area contributed by atoms with Gasteiger partial charge in [0.25, 0.3) is 0 Å². The van der Waals surface area contributed by atoms with Gasteiger partial charge in [0.05, 0.1) is 0 Å². The Balaban J connectivity index is 2.46. The molecule has 0 amide bonds. The third-order valence-electron chi connectivity index (χ3n) is 2.70. The molecule has 2 aromatic heterocycles. The molecule has 0 saturated heterocycles. The first-order chi connectivity index (χ1) is 8.63. The first-order valence-corrected chi connectivity index (χ1v) is 8.02. The Kier molecular flexibility index (Phi) is 4.45. The summed E-state index contributed by atoms with van der Waals surface area (Å²) < 4.78 is 0. The van der Waals surface area contributed by atoms with Crippen molar-refractivity contribution >= 4 is 39.3 Å². The molecule has 0 aliphatic carbocycles. The molecule has 0 radical (unpaired) electrons. The fraction of sp³-hybridized carbons (Fsp3) is 0.538. The summed E-state index contributed by atoms with van der Waals surface area (Å²) in [4.78, 5) is 11.6. The van der Waals surface area contributed by atoms with Crippen LogP contribution in [0.2, 0.25) is 0 Å². The number of aryl methyl sites for hydroxylation is 1. The van der Waals surface area contributed by atoms with Gasteiger partial charge in [-0.25, -0.2) is 9.97 Å². The molecule has 98 valence electrons. The second-order valence-electron chi connectivity index (χ2n) is 4.30. The lowest BCUT2D eigenvalue weighted by atomic mass is 10.4. The van der Waals surface area contributed by atoms with Crippen molar-refractivity contribution < 1.29 is 0 Å². The Hall–Kier alpha value is -0.810. The van der Waals surface area contributed by atoms with E-state index in [0.717, 1.165) is 28.8 Å². The minimum absolute atomic E-state index is 0.581. The first kappa shape index (κ1) is 13.6. The molecular weight excluding hydrogens is 262 g/mol. The van der Waals surface area contributed by atoms with Crippen molar-refractivity contribution in [2.45, 2.75) is 44.4 Å². The molecule has 1 N–H and O–H groups in total. The topological polar surface area (TPSA) is 37.8 Å². The normalized spacial score (nSPS) is 12.9. The van der Waals surface area contributed by atoms with Gasteiger partial charge in [-0.1, -0.05) is 13.8 Å². The van der Waals surface area contributed by atoms with Crippen LogP contribution >= 0.6 is 23.1 Å². The molecule has 2 heterocycles. The zero-order valence-electron chi connectivity index (χ0n) is 11.3. The Morgan fingerprint density at radius 3 is 2.83 bits per heavy atom. The minimum Gasteiger partial charge on any atom is -0.354 e. The van der Waals surface area contributed by atoms with Crippen molar-refractivity contribution in [3.05, 3.63) is 10.9 Å². The molecule has 0 fully saturated rings. The van der Waals surface area contributed by atoms with Crippen molar-refractivity contribution in [3.8, 4) is 0 Å². The summed E-state index contributed by atoms with van der Waals surface area (Å²) in [5.74, 6) is 0.748. The summed E-state index contributed by atoms with van der Waals surface area (Å²) in [5.41, 5.74) is 0. The van der Waals surface area contributed by atoms with Crippen LogP contribution in [0.4, 0.5) is 5.95 Å². The van der Waals surface area contributed by atoms with Crippen molar-refractivity contribution in [1.82, 2.24) is 9.97 Å². The maximum Gasteiger partial charge on any atom is 0.225 e. The van der Waals surface area contributed by atoms with Crippen LogP contribution in [0, 0.1) is 6.92 Å². The van der Waals surface area contributed by atoms with Gasteiger partial charge in [0, 0.05) is 22.1 Å². The molecule has 2 rings (SSSR count). The molecule has 0 aliphatic heterocycles. The summed E-state index contributed by atoms with van der Waals surface area (Å²) >= 11 is 3.58. The Bertz CT molecular complexity index is 536. The fourth-order valence-electron chi connectivity index (χ4n) is 1.62. The summed E-state index contributed by atoms with van der Waals surface area (Å²) in [6.07, 6.45) is 1.15. The molecule has 1 unspecified atom stereocenters. The SMILES string of the molecule is CCNc1nc(SC(C)CC)c2cc(C)sc2n1. The molecule has 1 atom stereocenters. The number of anilines is 1. The van der Waals surface area contributed by atoms with Crippen molar-refractivity contribution in [3.63, 3.8) is 0 Å². The lowest BCUT2D eigenvalue weighted by Crippen LogP contribution is -2.03. The summed E-state index contributed by atoms with van der Waals surface area (Å²) in [6, 6.07) is 2.19. The van der Waals surface area contributed by atoms with Crippen LogP contribution in [0.5, 0.6) is 0 Å². The summed E-state index contributed by atoms with van der Waals surface area (Å²) in [5, 5.41) is 6.10. The molecule has 18 heavy (non-hydrogen) atoms. The van der Waals surface area contributed by atoms with Crippen LogP contribution < -0.4 is 5.32 Å². The third-order valence-corrected chi connectivity index (χ3v) is 4.92. The molecule has 0 aromatic carbocycles. The molecule has 0 spiro atoms. The molecule has 0 bridgehead atoms. The van der Waals surface area contributed by atoms with Crippen LogP contribution in [0.15, 0.2) is 11.1 Å². The van der Waals surface area contributed by atoms with Gasteiger partial charge in [0.1, 0.15) is 9.86 Å². The largest absolute Gasteiger partial charge is 0.354 e. The minimum atomic E-state index is 0.581. The highest BCUT2D eigenvalue weighted by Gasteiger charge is 2.13. The number of nitrogens with zero attached hydrogens (tertiary/aromatic N) is 2. The fourth-order valence-corrected chi connectivity index (χ4v) is 3.53. The number of thioether (sulfide) groups is 1. The van der Waals surface area contributed by atoms with Gasteiger partial charge in [-0.3, -0.25) is 0 Å². The van der Waals surface area contributed by atoms with Crippen molar-refractivity contribution in [2.24, 2.45) is 0 Å². The highest BCUT2D eigenvalue weighted by atomic mass is 32.2. The van der Waals surface area contributed by atoms with Gasteiger partial charge in [-0.05, 0) is 26.3 Å². The van der Waals surface area contributed by atoms with Gasteiger partial charge >= 0.3 is 0 Å². The monoisotopic (exact) mass is 281 g/mol. The van der Waals surface area contributed by atoms with Crippen LogP contribution in [0.25, 0.3) is 10.2 Å². The van der Waals surface area contributed by atoms with Crippen LogP contribution in [-0.4, -0.2) is 21.8 Å². The van der Waals surface area contributed by atoms with E-state index in [-0.39, 0.29) is 0 Å². The summed E-state index contributed by atoms with van der Waals surface area (Å²) in [6.45, 7) is 9.49. The average Bonchev–Trinajstić information content (AvgIpc) is 2.70. The van der Waals surface area contributed by atoms with E-state index in [0.29, 0.717) is 5.25 Å². The van der Waals surface area contributed by atoms with Gasteiger partial charge < -0.3 is 5.32 Å². The number of nitrogens with one attached hydrogen (secondary N) is 1. The molecule has 5 heteroatoms. The van der Waals surface area contributed by atoms with Crippen molar-refractivity contribution in [1.29, 1.82) is 0 Å². The first-order valence-electron chi connectivity index (χ1n) is 6.32. The predicted octanol–water partition coefficient (Wildman–Crippen LogP) is 4.32. The van der Waals surface area contributed by atoms with Gasteiger partial charge in [-0.2, -0.15) is 0 Å². The van der Waals surface area contributed by atoms with Gasteiger partial charge in [0.15, 0.2) is 0 Å². The molecule has 2 aromatic rings. The number of hydrogen-bond acceptors (Lipinski definition) is 5. The zero-order chi connectivity index (χ0) is 13.1. The number of rotatable bonds is 5. The van der Waals surface area contributed by atoms with E-state index in [4.69, 9.17) is 0 Å². The maximum atomic E-state index is 4.64. The average molecular weight is 281 g/mol. The van der Waals surface area contributed by atoms with Crippen LogP contribution in [0.3, 0.4) is 0 Å². The molecule has 0 saturated carbocycles. The van der Waals surface area contributed by atoms with Crippen molar-refractivity contribution in [2.75, 3.05) is 11.9 Å². The van der Waals surface area contributed by atoms with E-state index in [1.54, 1.807) is 11.3 Å². The standard InChI is InChI=1S/C13H19N3S2/c1-5-8(3)17-11-10-7-9(4)18-12(10)16-13(15-11)14-6-2/h7-8H,5-6H2,1-4H3,(H,14,15,16). The Morgan fingerprint density at radius 2 is 2.17 bits per heavy atom. The predicted molar refractivity (Wildman–Crippen MR) is 81.9 cm³/mol. The molecule has 3 nitrogen and oxygen atoms in total. The molecular formula is C13H19N3S2. The number of thiophene rings is 1. The number of aromatic nitrogens is 2. The number of fused-ring (bicyclic) bond motifs is 1. The van der Waals surface area contributed by atoms with E-state index < -0.39 is 0 Å². The third kappa shape index (κ3) is 2.95. The van der Waals surface area contributed by atoms with E-state index in [2.05, 4.69) is 49.0 Å². The Morgan fingerprint density at radius 1 is 1.39 bits per heavy atom. The highest BCUT2D eigenvalue weighted by Crippen LogP contribution is 2.34. The van der Waals surface area contributed by atoms with Crippen LogP contribution in [-0.2, 0) is 0 Å². The van der Waals surface area contributed by atoms with E-state index in [9.17, 15) is 0 Å².